The lowest BCUT2D eigenvalue weighted by molar-refractivity contribution is -0.711. The molecule has 65 heavy (non-hydrogen) atoms. The molecule has 0 fully saturated rings. The zero-order chi connectivity index (χ0) is 47.8. The fourth-order valence-electron chi connectivity index (χ4n) is 7.71. The molecule has 0 amide bonds. The minimum Gasteiger partial charge on any atom is -0.488 e. The summed E-state index contributed by atoms with van der Waals surface area (Å²) in [7, 11) is -1.37. The van der Waals surface area contributed by atoms with Crippen LogP contribution in [0.1, 0.15) is 111 Å². The predicted molar refractivity (Wildman–Crippen MR) is 260 cm³/mol. The molecular weight excluding hydrogens is 867 g/mol. The van der Waals surface area contributed by atoms with Gasteiger partial charge >= 0.3 is 0 Å². The molecule has 2 unspecified atom stereocenters. The Bertz CT molecular complexity index is 2780. The minimum atomic E-state index is -0.867. The topological polar surface area (TPSA) is 151 Å². The van der Waals surface area contributed by atoms with E-state index >= 15 is 0 Å². The van der Waals surface area contributed by atoms with Gasteiger partial charge < -0.3 is 22.8 Å². The van der Waals surface area contributed by atoms with Crippen molar-refractivity contribution in [3.05, 3.63) is 133 Å². The minimum absolute atomic E-state index is 0.0621. The number of nitrogens with zero attached hydrogens (tertiary/aromatic N) is 2. The summed E-state index contributed by atoms with van der Waals surface area (Å²) < 4.78 is 33.1. The molecule has 0 aliphatic rings. The molecule has 0 spiro atoms. The summed E-state index contributed by atoms with van der Waals surface area (Å²) in [5, 5.41) is 24.6. The van der Waals surface area contributed by atoms with E-state index in [0.29, 0.717) is 22.8 Å². The Balaban J connectivity index is 1.59. The Labute approximate surface area is 384 Å². The summed E-state index contributed by atoms with van der Waals surface area (Å²) in [5.41, 5.74) is 4.02. The van der Waals surface area contributed by atoms with E-state index in [-0.39, 0.29) is 28.4 Å². The van der Waals surface area contributed by atoms with Gasteiger partial charge in [-0.2, -0.15) is 0 Å². The van der Waals surface area contributed by atoms with Crippen LogP contribution in [0.5, 0.6) is 40.2 Å². The zero-order valence-electron chi connectivity index (χ0n) is 39.5. The molecule has 0 saturated carbocycles. The number of hydrogen-bond acceptors (Lipinski definition) is 11. The summed E-state index contributed by atoms with van der Waals surface area (Å²) >= 11 is 0. The van der Waals surface area contributed by atoms with Crippen LogP contribution < -0.4 is 32.5 Å². The summed E-state index contributed by atoms with van der Waals surface area (Å²) in [6.45, 7) is 29.2. The molecule has 6 rings (SSSR count). The van der Waals surface area contributed by atoms with E-state index in [1.807, 2.05) is 82.3 Å². The number of fused-ring (bicyclic) bond motifs is 2. The molecule has 0 radical (unpaired) electrons. The van der Waals surface area contributed by atoms with Gasteiger partial charge in [-0.25, -0.2) is 0 Å². The molecule has 6 aromatic carbocycles. The Morgan fingerprint density at radius 2 is 0.800 bits per heavy atom. The molecule has 13 nitrogen and oxygen atoms in total. The van der Waals surface area contributed by atoms with Crippen LogP contribution in [0.2, 0.25) is 0 Å². The SMILES string of the molecule is Cc1c(OC(C)(C)C)cc(C(C)(C)C)c(OPOc2cc3ccccc3cc2O[N+](=O)[O-])c1-c1c(C)c(C(C)(C)C)cc(C(C)(C)C)c1OPOc1cc2ccccc2cc1O[N+](=O)[O-]. The van der Waals surface area contributed by atoms with E-state index in [4.69, 9.17) is 32.5 Å². The molecule has 0 N–H and O–H groups in total. The van der Waals surface area contributed by atoms with Crippen LogP contribution in [-0.4, -0.2) is 15.8 Å². The Kier molecular flexibility index (Phi) is 13.8. The fourth-order valence-corrected chi connectivity index (χ4v) is 8.88. The summed E-state index contributed by atoms with van der Waals surface area (Å²) in [6.07, 6.45) is 0. The van der Waals surface area contributed by atoms with Gasteiger partial charge in [0.15, 0.2) is 23.0 Å². The molecule has 15 heteroatoms. The van der Waals surface area contributed by atoms with Crippen LogP contribution in [0.15, 0.2) is 84.9 Å². The van der Waals surface area contributed by atoms with E-state index in [1.165, 1.54) is 0 Å². The highest BCUT2D eigenvalue weighted by atomic mass is 31.1. The molecule has 344 valence electrons. The van der Waals surface area contributed by atoms with Crippen LogP contribution in [0.3, 0.4) is 0 Å². The summed E-state index contributed by atoms with van der Waals surface area (Å²) in [5.74, 6) is 1.83. The molecule has 0 aliphatic carbocycles. The van der Waals surface area contributed by atoms with Crippen molar-refractivity contribution in [1.82, 2.24) is 0 Å². The lowest BCUT2D eigenvalue weighted by atomic mass is 9.74. The van der Waals surface area contributed by atoms with Crippen LogP contribution >= 0.6 is 18.1 Å². The molecule has 6 aromatic rings. The second kappa shape index (κ2) is 18.5. The van der Waals surface area contributed by atoms with Gasteiger partial charge in [0.25, 0.3) is 28.2 Å². The number of hydrogen-bond donors (Lipinski definition) is 0. The van der Waals surface area contributed by atoms with Crippen molar-refractivity contribution in [1.29, 1.82) is 0 Å². The van der Waals surface area contributed by atoms with Crippen molar-refractivity contribution in [2.75, 3.05) is 0 Å². The lowest BCUT2D eigenvalue weighted by Crippen LogP contribution is -2.24. The third kappa shape index (κ3) is 11.3. The molecule has 2 atom stereocenters. The highest BCUT2D eigenvalue weighted by molar-refractivity contribution is 7.27. The maximum atomic E-state index is 11.6. The largest absolute Gasteiger partial charge is 0.488 e. The third-order valence-corrected chi connectivity index (χ3v) is 11.9. The average Bonchev–Trinajstić information content (AvgIpc) is 3.17. The number of benzene rings is 6. The van der Waals surface area contributed by atoms with E-state index in [9.17, 15) is 20.2 Å². The van der Waals surface area contributed by atoms with Gasteiger partial charge in [-0.15, -0.1) is 20.2 Å². The Morgan fingerprint density at radius 1 is 0.446 bits per heavy atom. The second-order valence-electron chi connectivity index (χ2n) is 20.0. The Morgan fingerprint density at radius 3 is 1.15 bits per heavy atom. The van der Waals surface area contributed by atoms with Gasteiger partial charge in [0.1, 0.15) is 22.8 Å². The third-order valence-electron chi connectivity index (χ3n) is 10.7. The van der Waals surface area contributed by atoms with Gasteiger partial charge in [-0.3, -0.25) is 9.68 Å². The first-order chi connectivity index (χ1) is 30.2. The predicted octanol–water partition coefficient (Wildman–Crippen LogP) is 14.4. The molecule has 0 aliphatic heterocycles. The van der Waals surface area contributed by atoms with E-state index in [2.05, 4.69) is 75.3 Å². The highest BCUT2D eigenvalue weighted by Crippen LogP contribution is 2.55. The molecular formula is C50H58N2O11P2. The smallest absolute Gasteiger partial charge is 0.299 e. The lowest BCUT2D eigenvalue weighted by Gasteiger charge is -2.34. The number of ether oxygens (including phenoxy) is 1. The molecule has 0 heterocycles. The quantitative estimate of drug-likeness (QED) is 0.0583. The fraction of sp³-hybridized carbons (Fsp3) is 0.360. The monoisotopic (exact) mass is 924 g/mol. The zero-order valence-corrected chi connectivity index (χ0v) is 41.5. The normalized spacial score (nSPS) is 12.6. The van der Waals surface area contributed by atoms with Crippen LogP contribution in [0.4, 0.5) is 0 Å². The van der Waals surface area contributed by atoms with Crippen molar-refractivity contribution < 1.29 is 42.7 Å². The van der Waals surface area contributed by atoms with Gasteiger partial charge in [0.05, 0.1) is 0 Å². The first kappa shape index (κ1) is 48.6. The van der Waals surface area contributed by atoms with Crippen molar-refractivity contribution in [3.63, 3.8) is 0 Å². The summed E-state index contributed by atoms with van der Waals surface area (Å²) in [6, 6.07) is 25.6. The van der Waals surface area contributed by atoms with E-state index < -0.39 is 44.7 Å². The molecule has 0 saturated heterocycles. The van der Waals surface area contributed by atoms with Crippen molar-refractivity contribution in [3.8, 4) is 51.4 Å². The van der Waals surface area contributed by atoms with Gasteiger partial charge in [0.2, 0.25) is 0 Å². The standard InChI is InChI=1S/C50H58N2O11P2/c1-29-35(47(3,4)5)27-36(48(6,7)8)45(62-64-60-41-25-33-21-17-15-19-31(33)23-39(41)58-51(53)54)43(29)44-30(2)38(57-50(12,13)14)28-37(49(9,10)11)46(44)63-65-61-42-26-34-22-18-16-20-32(34)24-40(42)59-52(55)56/h15-28,64-65H,1-14H3. The van der Waals surface area contributed by atoms with Gasteiger partial charge in [0, 0.05) is 27.8 Å². The van der Waals surface area contributed by atoms with Crippen LogP contribution in [0, 0.1) is 34.1 Å². The second-order valence-corrected chi connectivity index (χ2v) is 21.2. The van der Waals surface area contributed by atoms with Crippen LogP contribution in [-0.2, 0) is 16.2 Å². The van der Waals surface area contributed by atoms with Crippen molar-refractivity contribution in [2.45, 2.75) is 119 Å². The van der Waals surface area contributed by atoms with Crippen LogP contribution in [0.25, 0.3) is 32.7 Å². The first-order valence-electron chi connectivity index (χ1n) is 21.2. The van der Waals surface area contributed by atoms with Gasteiger partial charge in [-0.1, -0.05) is 117 Å². The summed E-state index contributed by atoms with van der Waals surface area (Å²) in [4.78, 5) is 33.3. The maximum Gasteiger partial charge on any atom is 0.299 e. The maximum absolute atomic E-state index is 11.6. The molecule has 0 aromatic heterocycles. The van der Waals surface area contributed by atoms with E-state index in [0.717, 1.165) is 54.9 Å². The van der Waals surface area contributed by atoms with Crippen molar-refractivity contribution in [2.24, 2.45) is 0 Å². The van der Waals surface area contributed by atoms with Crippen molar-refractivity contribution >= 4 is 39.6 Å². The Hall–Kier alpha value is -5.90. The number of rotatable bonds is 14. The molecule has 0 bridgehead atoms. The first-order valence-corrected chi connectivity index (χ1v) is 22.8. The van der Waals surface area contributed by atoms with E-state index in [1.54, 1.807) is 24.3 Å². The van der Waals surface area contributed by atoms with Gasteiger partial charge in [-0.05, 0) is 114 Å². The average molecular weight is 925 g/mol. The highest BCUT2D eigenvalue weighted by Gasteiger charge is 2.35.